The first-order valence-corrected chi connectivity index (χ1v) is 13.1. The second kappa shape index (κ2) is 9.62. The van der Waals surface area contributed by atoms with E-state index in [1.54, 1.807) is 47.4 Å². The lowest BCUT2D eigenvalue weighted by atomic mass is 10.1. The van der Waals surface area contributed by atoms with E-state index in [4.69, 9.17) is 4.74 Å². The number of hydrogen-bond acceptors (Lipinski definition) is 6. The largest absolute Gasteiger partial charge is 0.487 e. The lowest BCUT2D eigenvalue weighted by molar-refractivity contribution is 0.0697. The molecule has 1 aromatic heterocycles. The highest BCUT2D eigenvalue weighted by Gasteiger charge is 2.31. The molecule has 1 amide bonds. The molecule has 2 heterocycles. The molecule has 0 spiro atoms. The van der Waals surface area contributed by atoms with Crippen LogP contribution in [-0.4, -0.2) is 54.7 Å². The van der Waals surface area contributed by atoms with Crippen LogP contribution in [-0.2, 0) is 16.6 Å². The Hall–Kier alpha value is -2.75. The molecule has 1 aliphatic heterocycles. The van der Waals surface area contributed by atoms with Crippen LogP contribution in [0, 0.1) is 20.8 Å². The van der Waals surface area contributed by atoms with Crippen LogP contribution >= 0.6 is 11.3 Å². The smallest absolute Gasteiger partial charge is 0.254 e. The highest BCUT2D eigenvalue weighted by molar-refractivity contribution is 7.89. The Kier molecular flexibility index (Phi) is 6.83. The minimum atomic E-state index is -3.60. The van der Waals surface area contributed by atoms with E-state index >= 15 is 0 Å². The zero-order valence-electron chi connectivity index (χ0n) is 18.9. The van der Waals surface area contributed by atoms with E-state index < -0.39 is 10.0 Å². The lowest BCUT2D eigenvalue weighted by Crippen LogP contribution is -2.50. The topological polar surface area (TPSA) is 79.8 Å². The standard InChI is InChI=1S/C24H27N3O4S2/c1-17-7-8-18(2)23(13-17)33(29,30)27-11-9-26(10-12-27)24(28)20-5-4-6-22(14-20)31-15-21-16-32-19(3)25-21/h4-8,13-14,16H,9-12,15H2,1-3H3. The normalized spacial score (nSPS) is 14.9. The summed E-state index contributed by atoms with van der Waals surface area (Å²) in [4.78, 5) is 19.5. The average Bonchev–Trinajstić information content (AvgIpc) is 3.24. The number of rotatable bonds is 6. The molecule has 9 heteroatoms. The van der Waals surface area contributed by atoms with E-state index in [-0.39, 0.29) is 19.0 Å². The highest BCUT2D eigenvalue weighted by Crippen LogP contribution is 2.23. The van der Waals surface area contributed by atoms with Crippen molar-refractivity contribution in [2.45, 2.75) is 32.3 Å². The van der Waals surface area contributed by atoms with Gasteiger partial charge < -0.3 is 9.64 Å². The zero-order chi connectivity index (χ0) is 23.6. The zero-order valence-corrected chi connectivity index (χ0v) is 20.6. The first kappa shape index (κ1) is 23.4. The van der Waals surface area contributed by atoms with Gasteiger partial charge in [-0.3, -0.25) is 4.79 Å². The molecule has 1 fully saturated rings. The SMILES string of the molecule is Cc1ccc(C)c(S(=O)(=O)N2CCN(C(=O)c3cccc(OCc4csc(C)n4)c3)CC2)c1. The van der Waals surface area contributed by atoms with Crippen LogP contribution in [0.5, 0.6) is 5.75 Å². The molecule has 7 nitrogen and oxygen atoms in total. The van der Waals surface area contributed by atoms with Gasteiger partial charge in [0, 0.05) is 37.1 Å². The molecule has 3 aromatic rings. The molecule has 0 atom stereocenters. The summed E-state index contributed by atoms with van der Waals surface area (Å²) in [6.45, 7) is 7.18. The van der Waals surface area contributed by atoms with Crippen LogP contribution < -0.4 is 4.74 Å². The number of amides is 1. The third-order valence-corrected chi connectivity index (χ3v) is 8.48. The summed E-state index contributed by atoms with van der Waals surface area (Å²) >= 11 is 1.57. The monoisotopic (exact) mass is 485 g/mol. The second-order valence-electron chi connectivity index (χ2n) is 8.14. The predicted octanol–water partition coefficient (Wildman–Crippen LogP) is 3.79. The van der Waals surface area contributed by atoms with Gasteiger partial charge in [-0.25, -0.2) is 13.4 Å². The fourth-order valence-electron chi connectivity index (χ4n) is 3.79. The summed E-state index contributed by atoms with van der Waals surface area (Å²) in [5.41, 5.74) is 3.01. The van der Waals surface area contributed by atoms with Gasteiger partial charge in [0.25, 0.3) is 5.91 Å². The first-order chi connectivity index (χ1) is 15.7. The molecule has 0 aliphatic carbocycles. The van der Waals surface area contributed by atoms with Gasteiger partial charge in [0.05, 0.1) is 15.6 Å². The Labute approximate surface area is 198 Å². The van der Waals surface area contributed by atoms with Crippen molar-refractivity contribution < 1.29 is 17.9 Å². The second-order valence-corrected chi connectivity index (χ2v) is 11.1. The molecule has 4 rings (SSSR count). The number of aromatic nitrogens is 1. The summed E-state index contributed by atoms with van der Waals surface area (Å²) in [6.07, 6.45) is 0. The Balaban J connectivity index is 1.39. The third kappa shape index (κ3) is 5.26. The number of piperazine rings is 1. The maximum Gasteiger partial charge on any atom is 0.254 e. The van der Waals surface area contributed by atoms with Gasteiger partial charge in [0.1, 0.15) is 12.4 Å². The summed E-state index contributed by atoms with van der Waals surface area (Å²) in [5.74, 6) is 0.469. The average molecular weight is 486 g/mol. The van der Waals surface area contributed by atoms with Crippen molar-refractivity contribution in [1.29, 1.82) is 0 Å². The van der Waals surface area contributed by atoms with Crippen LogP contribution in [0.3, 0.4) is 0 Å². The van der Waals surface area contributed by atoms with Crippen molar-refractivity contribution >= 4 is 27.3 Å². The molecule has 0 radical (unpaired) electrons. The van der Waals surface area contributed by atoms with Crippen molar-refractivity contribution in [2.24, 2.45) is 0 Å². The molecule has 174 valence electrons. The van der Waals surface area contributed by atoms with E-state index in [9.17, 15) is 13.2 Å². The molecule has 1 saturated heterocycles. The number of ether oxygens (including phenoxy) is 1. The van der Waals surface area contributed by atoms with E-state index in [2.05, 4.69) is 4.98 Å². The van der Waals surface area contributed by atoms with Crippen molar-refractivity contribution in [3.05, 3.63) is 75.2 Å². The maximum absolute atomic E-state index is 13.1. The number of aryl methyl sites for hydroxylation is 3. The van der Waals surface area contributed by atoms with Crippen molar-refractivity contribution in [2.75, 3.05) is 26.2 Å². The van der Waals surface area contributed by atoms with Crippen LogP contribution in [0.2, 0.25) is 0 Å². The van der Waals surface area contributed by atoms with Gasteiger partial charge in [0.2, 0.25) is 10.0 Å². The minimum absolute atomic E-state index is 0.131. The molecule has 1 aliphatic rings. The lowest BCUT2D eigenvalue weighted by Gasteiger charge is -2.34. The fourth-order valence-corrected chi connectivity index (χ4v) is 6.12. The number of carbonyl (C=O) groups is 1. The van der Waals surface area contributed by atoms with E-state index in [1.807, 2.05) is 37.4 Å². The number of hydrogen-bond donors (Lipinski definition) is 0. The Bertz CT molecular complexity index is 1260. The predicted molar refractivity (Wildman–Crippen MR) is 128 cm³/mol. The molecular weight excluding hydrogens is 458 g/mol. The number of thiazole rings is 1. The minimum Gasteiger partial charge on any atom is -0.487 e. The summed E-state index contributed by atoms with van der Waals surface area (Å²) in [6, 6.07) is 12.5. The van der Waals surface area contributed by atoms with Crippen molar-refractivity contribution in [3.8, 4) is 5.75 Å². The molecule has 2 aromatic carbocycles. The highest BCUT2D eigenvalue weighted by atomic mass is 32.2. The number of benzene rings is 2. The Morgan fingerprint density at radius 3 is 2.52 bits per heavy atom. The number of carbonyl (C=O) groups excluding carboxylic acids is 1. The Morgan fingerprint density at radius 2 is 1.82 bits per heavy atom. The van der Waals surface area contributed by atoms with Crippen molar-refractivity contribution in [1.82, 2.24) is 14.2 Å². The first-order valence-electron chi connectivity index (χ1n) is 10.7. The van der Waals surface area contributed by atoms with Crippen LogP contribution in [0.4, 0.5) is 0 Å². The van der Waals surface area contributed by atoms with Crippen LogP contribution in [0.25, 0.3) is 0 Å². The molecule has 33 heavy (non-hydrogen) atoms. The molecule has 0 unspecified atom stereocenters. The summed E-state index contributed by atoms with van der Waals surface area (Å²) < 4.78 is 33.6. The van der Waals surface area contributed by atoms with Gasteiger partial charge in [-0.15, -0.1) is 11.3 Å². The molecular formula is C24H27N3O4S2. The maximum atomic E-state index is 13.1. The van der Waals surface area contributed by atoms with E-state index in [1.165, 1.54) is 4.31 Å². The molecule has 0 N–H and O–H groups in total. The van der Waals surface area contributed by atoms with Gasteiger partial charge >= 0.3 is 0 Å². The quantitative estimate of drug-likeness (QED) is 0.531. The Morgan fingerprint density at radius 1 is 1.06 bits per heavy atom. The summed E-state index contributed by atoms with van der Waals surface area (Å²) in [7, 11) is -3.60. The molecule has 0 saturated carbocycles. The van der Waals surface area contributed by atoms with Crippen LogP contribution in [0.15, 0.2) is 52.7 Å². The molecule has 0 bridgehead atoms. The third-order valence-electron chi connectivity index (χ3n) is 5.62. The fraction of sp³-hybridized carbons (Fsp3) is 0.333. The van der Waals surface area contributed by atoms with E-state index in [0.29, 0.717) is 35.9 Å². The summed E-state index contributed by atoms with van der Waals surface area (Å²) in [5, 5.41) is 2.94. The van der Waals surface area contributed by atoms with Gasteiger partial charge in [-0.1, -0.05) is 18.2 Å². The van der Waals surface area contributed by atoms with Crippen molar-refractivity contribution in [3.63, 3.8) is 0 Å². The number of nitrogens with zero attached hydrogens (tertiary/aromatic N) is 3. The number of sulfonamides is 1. The van der Waals surface area contributed by atoms with Gasteiger partial charge in [0.15, 0.2) is 0 Å². The van der Waals surface area contributed by atoms with E-state index in [0.717, 1.165) is 21.8 Å². The van der Waals surface area contributed by atoms with Gasteiger partial charge in [-0.2, -0.15) is 4.31 Å². The van der Waals surface area contributed by atoms with Crippen LogP contribution in [0.1, 0.15) is 32.2 Å². The van der Waals surface area contributed by atoms with Gasteiger partial charge in [-0.05, 0) is 56.2 Å².